The maximum atomic E-state index is 6.35. The van der Waals surface area contributed by atoms with E-state index in [9.17, 15) is 0 Å². The van der Waals surface area contributed by atoms with Gasteiger partial charge in [0, 0.05) is 33.9 Å². The molecule has 1 aliphatic rings. The van der Waals surface area contributed by atoms with Crippen LogP contribution in [-0.2, 0) is 0 Å². The third kappa shape index (κ3) is 5.86. The lowest BCUT2D eigenvalue weighted by Gasteiger charge is -2.26. The van der Waals surface area contributed by atoms with E-state index in [4.69, 9.17) is 9.40 Å². The first-order chi connectivity index (χ1) is 26.7. The van der Waals surface area contributed by atoms with Gasteiger partial charge in [-0.25, -0.2) is 4.98 Å². The van der Waals surface area contributed by atoms with E-state index in [1.54, 1.807) is 0 Å². The van der Waals surface area contributed by atoms with Gasteiger partial charge in [0.25, 0.3) is 0 Å². The van der Waals surface area contributed by atoms with E-state index in [0.717, 1.165) is 45.5 Å². The molecule has 1 aliphatic carbocycles. The summed E-state index contributed by atoms with van der Waals surface area (Å²) in [5, 5.41) is 4.77. The number of oxazole rings is 1. The maximum Gasteiger partial charge on any atom is 0.227 e. The molecule has 54 heavy (non-hydrogen) atoms. The van der Waals surface area contributed by atoms with Gasteiger partial charge in [-0.1, -0.05) is 140 Å². The fraction of sp³-hybridized carbons (Fsp3) is 0.0392. The molecule has 1 heterocycles. The topological polar surface area (TPSA) is 29.3 Å². The number of nitrogens with zero attached hydrogens (tertiary/aromatic N) is 2. The summed E-state index contributed by atoms with van der Waals surface area (Å²) in [5.74, 6) is 0.953. The normalized spacial score (nSPS) is 14.1. The quantitative estimate of drug-likeness (QED) is 0.166. The Bertz CT molecular complexity index is 2830. The van der Waals surface area contributed by atoms with Crippen molar-refractivity contribution in [3.63, 3.8) is 0 Å². The van der Waals surface area contributed by atoms with Crippen LogP contribution in [-0.4, -0.2) is 4.98 Å². The van der Waals surface area contributed by atoms with Crippen molar-refractivity contribution in [1.29, 1.82) is 0 Å². The number of fused-ring (bicyclic) bond motifs is 4. The Balaban J connectivity index is 0.904. The molecule has 0 spiro atoms. The molecule has 0 amide bonds. The Hall–Kier alpha value is -6.97. The zero-order chi connectivity index (χ0) is 35.8. The van der Waals surface area contributed by atoms with Crippen LogP contribution in [0.5, 0.6) is 0 Å². The van der Waals surface area contributed by atoms with Crippen molar-refractivity contribution in [2.45, 2.75) is 12.3 Å². The monoisotopic (exact) mass is 692 g/mol. The summed E-state index contributed by atoms with van der Waals surface area (Å²) in [6, 6.07) is 64.6. The van der Waals surface area contributed by atoms with Crippen molar-refractivity contribution < 1.29 is 4.42 Å². The molecular weight excluding hydrogens is 657 g/mol. The van der Waals surface area contributed by atoms with E-state index in [2.05, 4.69) is 175 Å². The molecule has 3 nitrogen and oxygen atoms in total. The number of benzene rings is 8. The van der Waals surface area contributed by atoms with Crippen molar-refractivity contribution in [2.24, 2.45) is 0 Å². The molecule has 3 heteroatoms. The van der Waals surface area contributed by atoms with Crippen molar-refractivity contribution in [2.75, 3.05) is 4.90 Å². The smallest absolute Gasteiger partial charge is 0.227 e. The first-order valence-corrected chi connectivity index (χ1v) is 18.6. The summed E-state index contributed by atoms with van der Waals surface area (Å²) in [7, 11) is 0. The van der Waals surface area contributed by atoms with E-state index in [1.807, 2.05) is 30.3 Å². The van der Waals surface area contributed by atoms with Gasteiger partial charge in [0.05, 0.1) is 0 Å². The second-order valence-electron chi connectivity index (χ2n) is 13.9. The standard InChI is InChI=1S/C51H36N2O/c1-3-11-40(12-4-1)51-52-49-33-32-47-46(16-9-17-48(47)50(49)54-51)39-21-18-36(19-22-39)37-24-28-44(29-25-37)53(43-14-5-2-6-15-43)45-30-26-38(27-31-45)42-23-20-35-10-7-8-13-41(35)34-42/h1-18,20-34,36H,19H2. The summed E-state index contributed by atoms with van der Waals surface area (Å²) in [4.78, 5) is 7.13. The fourth-order valence-corrected chi connectivity index (χ4v) is 7.83. The average Bonchev–Trinajstić information content (AvgIpc) is 3.70. The Morgan fingerprint density at radius 2 is 1.20 bits per heavy atom. The Morgan fingerprint density at radius 1 is 0.519 bits per heavy atom. The molecule has 0 fully saturated rings. The number of allylic oxidation sites excluding steroid dienone is 4. The van der Waals surface area contributed by atoms with Crippen LogP contribution >= 0.6 is 0 Å². The molecule has 1 unspecified atom stereocenters. The highest BCUT2D eigenvalue weighted by atomic mass is 16.3. The Morgan fingerprint density at radius 3 is 1.96 bits per heavy atom. The van der Waals surface area contributed by atoms with Crippen LogP contribution in [0.4, 0.5) is 17.1 Å². The molecule has 256 valence electrons. The summed E-state index contributed by atoms with van der Waals surface area (Å²) < 4.78 is 6.35. The molecule has 0 N–H and O–H groups in total. The second kappa shape index (κ2) is 13.5. The highest BCUT2D eigenvalue weighted by Crippen LogP contribution is 2.39. The van der Waals surface area contributed by atoms with Crippen molar-refractivity contribution >= 4 is 55.3 Å². The summed E-state index contributed by atoms with van der Waals surface area (Å²) >= 11 is 0. The molecule has 0 saturated carbocycles. The summed E-state index contributed by atoms with van der Waals surface area (Å²) in [6.07, 6.45) is 7.94. The maximum absolute atomic E-state index is 6.35. The largest absolute Gasteiger partial charge is 0.435 e. The van der Waals surface area contributed by atoms with Gasteiger partial charge in [0.2, 0.25) is 5.89 Å². The Kier molecular flexibility index (Phi) is 7.96. The Labute approximate surface area is 314 Å². The molecule has 0 radical (unpaired) electrons. The van der Waals surface area contributed by atoms with Crippen LogP contribution in [0.15, 0.2) is 205 Å². The summed E-state index contributed by atoms with van der Waals surface area (Å²) in [5.41, 5.74) is 12.2. The first-order valence-electron chi connectivity index (χ1n) is 18.6. The van der Waals surface area contributed by atoms with Crippen LogP contribution in [0.3, 0.4) is 0 Å². The molecule has 0 aliphatic heterocycles. The van der Waals surface area contributed by atoms with E-state index in [0.29, 0.717) is 11.8 Å². The van der Waals surface area contributed by atoms with Gasteiger partial charge >= 0.3 is 0 Å². The van der Waals surface area contributed by atoms with Crippen molar-refractivity contribution in [3.8, 4) is 22.6 Å². The molecule has 0 saturated heterocycles. The third-order valence-electron chi connectivity index (χ3n) is 10.6. The molecular formula is C51H36N2O. The van der Waals surface area contributed by atoms with E-state index in [1.165, 1.54) is 44.0 Å². The number of anilines is 3. The molecule has 9 aromatic rings. The SMILES string of the molecule is C1=CC(c2ccc(N(c3ccccc3)c3ccc(-c4ccc5ccccc5c4)cc3)cc2)CC=C1c1cccc2c1ccc1nc(-c3ccccc3)oc12. The zero-order valence-corrected chi connectivity index (χ0v) is 29.6. The highest BCUT2D eigenvalue weighted by molar-refractivity contribution is 6.08. The van der Waals surface area contributed by atoms with Gasteiger partial charge in [-0.2, -0.15) is 0 Å². The van der Waals surface area contributed by atoms with Gasteiger partial charge in [-0.05, 0) is 111 Å². The van der Waals surface area contributed by atoms with Gasteiger partial charge < -0.3 is 9.32 Å². The number of aromatic nitrogens is 1. The molecule has 1 aromatic heterocycles. The highest BCUT2D eigenvalue weighted by Gasteiger charge is 2.18. The number of hydrogen-bond acceptors (Lipinski definition) is 3. The molecule has 10 rings (SSSR count). The lowest BCUT2D eigenvalue weighted by molar-refractivity contribution is 0.623. The van der Waals surface area contributed by atoms with Crippen molar-refractivity contribution in [1.82, 2.24) is 4.98 Å². The minimum absolute atomic E-state index is 0.304. The van der Waals surface area contributed by atoms with Crippen LogP contribution < -0.4 is 4.90 Å². The fourth-order valence-electron chi connectivity index (χ4n) is 7.83. The van der Waals surface area contributed by atoms with Crippen LogP contribution in [0, 0.1) is 0 Å². The zero-order valence-electron chi connectivity index (χ0n) is 29.6. The van der Waals surface area contributed by atoms with Crippen molar-refractivity contribution in [3.05, 3.63) is 211 Å². The van der Waals surface area contributed by atoms with Gasteiger partial charge in [-0.15, -0.1) is 0 Å². The van der Waals surface area contributed by atoms with Crippen LogP contribution in [0.25, 0.3) is 60.8 Å². The van der Waals surface area contributed by atoms with E-state index >= 15 is 0 Å². The van der Waals surface area contributed by atoms with Gasteiger partial charge in [0.15, 0.2) is 5.58 Å². The average molecular weight is 693 g/mol. The third-order valence-corrected chi connectivity index (χ3v) is 10.6. The predicted octanol–water partition coefficient (Wildman–Crippen LogP) is 14.1. The first kappa shape index (κ1) is 31.7. The van der Waals surface area contributed by atoms with Gasteiger partial charge in [0.1, 0.15) is 5.52 Å². The number of rotatable bonds is 7. The molecule has 8 aromatic carbocycles. The number of hydrogen-bond donors (Lipinski definition) is 0. The second-order valence-corrected chi connectivity index (χ2v) is 13.9. The van der Waals surface area contributed by atoms with E-state index in [-0.39, 0.29) is 0 Å². The lowest BCUT2D eigenvalue weighted by Crippen LogP contribution is -2.10. The molecule has 1 atom stereocenters. The number of para-hydroxylation sites is 1. The predicted molar refractivity (Wildman–Crippen MR) is 225 cm³/mol. The summed E-state index contributed by atoms with van der Waals surface area (Å²) in [6.45, 7) is 0. The van der Waals surface area contributed by atoms with Crippen LogP contribution in [0.1, 0.15) is 23.5 Å². The van der Waals surface area contributed by atoms with E-state index < -0.39 is 0 Å². The van der Waals surface area contributed by atoms with Gasteiger partial charge in [-0.3, -0.25) is 0 Å². The van der Waals surface area contributed by atoms with Crippen LogP contribution in [0.2, 0.25) is 0 Å². The minimum atomic E-state index is 0.304. The lowest BCUT2D eigenvalue weighted by atomic mass is 9.87. The molecule has 0 bridgehead atoms. The minimum Gasteiger partial charge on any atom is -0.435 e.